The van der Waals surface area contributed by atoms with Crippen molar-refractivity contribution >= 4 is 22.4 Å². The Bertz CT molecular complexity index is 587. The van der Waals surface area contributed by atoms with Gasteiger partial charge in [-0.2, -0.15) is 0 Å². The van der Waals surface area contributed by atoms with E-state index in [4.69, 9.17) is 5.73 Å². The predicted molar refractivity (Wildman–Crippen MR) is 76.4 cm³/mol. The first-order valence-corrected chi connectivity index (χ1v) is 7.20. The SMILES string of the molecule is NCc1ccc(C(=O)Nc2nc(C3CC3)cs2)cc1. The number of hydrogen-bond acceptors (Lipinski definition) is 4. The van der Waals surface area contributed by atoms with Gasteiger partial charge in [0.05, 0.1) is 5.69 Å². The number of nitrogens with zero attached hydrogens (tertiary/aromatic N) is 1. The number of anilines is 1. The van der Waals surface area contributed by atoms with Crippen molar-refractivity contribution in [3.8, 4) is 0 Å². The first-order chi connectivity index (χ1) is 9.26. The molecule has 1 amide bonds. The molecule has 0 radical (unpaired) electrons. The van der Waals surface area contributed by atoms with Gasteiger partial charge < -0.3 is 5.73 Å². The number of rotatable bonds is 4. The van der Waals surface area contributed by atoms with Crippen LogP contribution in [0.25, 0.3) is 0 Å². The van der Waals surface area contributed by atoms with Crippen LogP contribution in [-0.2, 0) is 6.54 Å². The third kappa shape index (κ3) is 2.83. The number of carbonyl (C=O) groups excluding carboxylic acids is 1. The van der Waals surface area contributed by atoms with Gasteiger partial charge >= 0.3 is 0 Å². The van der Waals surface area contributed by atoms with Gasteiger partial charge in [0.15, 0.2) is 5.13 Å². The molecule has 0 unspecified atom stereocenters. The lowest BCUT2D eigenvalue weighted by atomic mass is 10.1. The maximum atomic E-state index is 12.0. The van der Waals surface area contributed by atoms with E-state index in [1.54, 1.807) is 12.1 Å². The highest BCUT2D eigenvalue weighted by atomic mass is 32.1. The summed E-state index contributed by atoms with van der Waals surface area (Å²) in [4.78, 5) is 16.5. The second-order valence-electron chi connectivity index (χ2n) is 4.71. The van der Waals surface area contributed by atoms with Crippen LogP contribution in [0, 0.1) is 0 Å². The number of aromatic nitrogens is 1. The van der Waals surface area contributed by atoms with Gasteiger partial charge in [0.2, 0.25) is 0 Å². The monoisotopic (exact) mass is 273 g/mol. The van der Waals surface area contributed by atoms with Crippen LogP contribution >= 0.6 is 11.3 Å². The zero-order valence-electron chi connectivity index (χ0n) is 10.4. The number of thiazole rings is 1. The molecule has 1 aromatic carbocycles. The summed E-state index contributed by atoms with van der Waals surface area (Å²) in [6.45, 7) is 0.485. The molecule has 0 aliphatic heterocycles. The number of amides is 1. The molecule has 5 heteroatoms. The Balaban J connectivity index is 1.68. The summed E-state index contributed by atoms with van der Waals surface area (Å²) in [5.74, 6) is 0.492. The Morgan fingerprint density at radius 3 is 2.74 bits per heavy atom. The van der Waals surface area contributed by atoms with Crippen LogP contribution in [0.5, 0.6) is 0 Å². The lowest BCUT2D eigenvalue weighted by Crippen LogP contribution is -2.11. The number of nitrogens with two attached hydrogens (primary N) is 1. The van der Waals surface area contributed by atoms with E-state index in [9.17, 15) is 4.79 Å². The lowest BCUT2D eigenvalue weighted by molar-refractivity contribution is 0.102. The maximum Gasteiger partial charge on any atom is 0.257 e. The summed E-state index contributed by atoms with van der Waals surface area (Å²) in [6, 6.07) is 7.30. The fourth-order valence-electron chi connectivity index (χ4n) is 1.87. The van der Waals surface area contributed by atoms with Crippen molar-refractivity contribution in [1.29, 1.82) is 0 Å². The molecule has 4 nitrogen and oxygen atoms in total. The number of benzene rings is 1. The second kappa shape index (κ2) is 5.11. The van der Waals surface area contributed by atoms with Gasteiger partial charge in [-0.25, -0.2) is 4.98 Å². The third-order valence-electron chi connectivity index (χ3n) is 3.19. The quantitative estimate of drug-likeness (QED) is 0.900. The van der Waals surface area contributed by atoms with Gasteiger partial charge in [-0.1, -0.05) is 12.1 Å². The summed E-state index contributed by atoms with van der Waals surface area (Å²) in [5.41, 5.74) is 8.28. The highest BCUT2D eigenvalue weighted by molar-refractivity contribution is 7.14. The Hall–Kier alpha value is -1.72. The van der Waals surface area contributed by atoms with Crippen LogP contribution < -0.4 is 11.1 Å². The van der Waals surface area contributed by atoms with Crippen LogP contribution in [0.1, 0.15) is 40.4 Å². The molecule has 0 spiro atoms. The van der Waals surface area contributed by atoms with Gasteiger partial charge in [0, 0.05) is 23.4 Å². The van der Waals surface area contributed by atoms with E-state index in [0.717, 1.165) is 11.3 Å². The molecule has 0 saturated heterocycles. The van der Waals surface area contributed by atoms with Crippen LogP contribution in [-0.4, -0.2) is 10.9 Å². The molecule has 1 aromatic heterocycles. The molecular formula is C14H15N3OS. The highest BCUT2D eigenvalue weighted by Gasteiger charge is 2.26. The van der Waals surface area contributed by atoms with E-state index in [2.05, 4.69) is 10.3 Å². The second-order valence-corrected chi connectivity index (χ2v) is 5.57. The summed E-state index contributed by atoms with van der Waals surface area (Å²) in [7, 11) is 0. The first-order valence-electron chi connectivity index (χ1n) is 6.32. The first kappa shape index (κ1) is 12.3. The predicted octanol–water partition coefficient (Wildman–Crippen LogP) is 2.73. The normalized spacial score (nSPS) is 14.4. The summed E-state index contributed by atoms with van der Waals surface area (Å²) >= 11 is 1.49. The highest BCUT2D eigenvalue weighted by Crippen LogP contribution is 2.40. The molecule has 0 atom stereocenters. The minimum absolute atomic E-state index is 0.125. The van der Waals surface area contributed by atoms with Gasteiger partial charge in [-0.15, -0.1) is 11.3 Å². The zero-order valence-corrected chi connectivity index (χ0v) is 11.2. The zero-order chi connectivity index (χ0) is 13.2. The third-order valence-corrected chi connectivity index (χ3v) is 3.97. The molecule has 1 aliphatic rings. The molecule has 1 heterocycles. The molecule has 3 rings (SSSR count). The van der Waals surface area contributed by atoms with Crippen molar-refractivity contribution < 1.29 is 4.79 Å². The van der Waals surface area contributed by atoms with E-state index in [1.165, 1.54) is 24.2 Å². The smallest absolute Gasteiger partial charge is 0.257 e. The molecule has 98 valence electrons. The Morgan fingerprint density at radius 2 is 2.11 bits per heavy atom. The minimum Gasteiger partial charge on any atom is -0.326 e. The van der Waals surface area contributed by atoms with Crippen molar-refractivity contribution in [3.63, 3.8) is 0 Å². The molecule has 1 aliphatic carbocycles. The fourth-order valence-corrected chi connectivity index (χ4v) is 2.66. The van der Waals surface area contributed by atoms with Crippen LogP contribution in [0.2, 0.25) is 0 Å². The van der Waals surface area contributed by atoms with Crippen molar-refractivity contribution in [1.82, 2.24) is 4.98 Å². The standard InChI is InChI=1S/C14H15N3OS/c15-7-9-1-3-11(4-2-9)13(18)17-14-16-12(8-19-14)10-5-6-10/h1-4,8,10H,5-7,15H2,(H,16,17,18). The number of carbonyl (C=O) groups is 1. The summed E-state index contributed by atoms with van der Waals surface area (Å²) in [6.07, 6.45) is 2.44. The molecular weight excluding hydrogens is 258 g/mol. The minimum atomic E-state index is -0.125. The fraction of sp³-hybridized carbons (Fsp3) is 0.286. The van der Waals surface area contributed by atoms with Crippen molar-refractivity contribution in [3.05, 3.63) is 46.5 Å². The molecule has 3 N–H and O–H groups in total. The Morgan fingerprint density at radius 1 is 1.37 bits per heavy atom. The summed E-state index contributed by atoms with van der Waals surface area (Å²) in [5, 5.41) is 5.54. The molecule has 19 heavy (non-hydrogen) atoms. The van der Waals surface area contributed by atoms with Gasteiger partial charge in [0.25, 0.3) is 5.91 Å². The van der Waals surface area contributed by atoms with E-state index >= 15 is 0 Å². The van der Waals surface area contributed by atoms with E-state index in [1.807, 2.05) is 17.5 Å². The Kier molecular flexibility index (Phi) is 3.31. The lowest BCUT2D eigenvalue weighted by Gasteiger charge is -2.02. The molecule has 0 bridgehead atoms. The summed E-state index contributed by atoms with van der Waals surface area (Å²) < 4.78 is 0. The van der Waals surface area contributed by atoms with Crippen LogP contribution in [0.3, 0.4) is 0 Å². The molecule has 1 fully saturated rings. The van der Waals surface area contributed by atoms with Gasteiger partial charge in [-0.05, 0) is 30.5 Å². The van der Waals surface area contributed by atoms with Crippen LogP contribution in [0.4, 0.5) is 5.13 Å². The van der Waals surface area contributed by atoms with E-state index in [0.29, 0.717) is 23.2 Å². The van der Waals surface area contributed by atoms with Crippen molar-refractivity contribution in [2.45, 2.75) is 25.3 Å². The number of hydrogen-bond donors (Lipinski definition) is 2. The van der Waals surface area contributed by atoms with Crippen LogP contribution in [0.15, 0.2) is 29.6 Å². The van der Waals surface area contributed by atoms with E-state index in [-0.39, 0.29) is 5.91 Å². The molecule has 2 aromatic rings. The largest absolute Gasteiger partial charge is 0.326 e. The average molecular weight is 273 g/mol. The topological polar surface area (TPSA) is 68.0 Å². The Labute approximate surface area is 115 Å². The van der Waals surface area contributed by atoms with E-state index < -0.39 is 0 Å². The van der Waals surface area contributed by atoms with Gasteiger partial charge in [-0.3, -0.25) is 10.1 Å². The number of nitrogens with one attached hydrogen (secondary N) is 1. The van der Waals surface area contributed by atoms with Gasteiger partial charge in [0.1, 0.15) is 0 Å². The van der Waals surface area contributed by atoms with Crippen molar-refractivity contribution in [2.75, 3.05) is 5.32 Å². The average Bonchev–Trinajstić information content (AvgIpc) is 3.20. The maximum absolute atomic E-state index is 12.0. The van der Waals surface area contributed by atoms with Crippen molar-refractivity contribution in [2.24, 2.45) is 5.73 Å². The molecule has 1 saturated carbocycles.